The summed E-state index contributed by atoms with van der Waals surface area (Å²) in [6.45, 7) is 2.33. The molecule has 0 bridgehead atoms. The molecule has 27 heavy (non-hydrogen) atoms. The van der Waals surface area contributed by atoms with E-state index in [9.17, 15) is 0 Å². The predicted molar refractivity (Wildman–Crippen MR) is 118 cm³/mol. The Kier molecular flexibility index (Phi) is 9.47. The van der Waals surface area contributed by atoms with Crippen LogP contribution in [0.5, 0.6) is 11.5 Å². The Bertz CT molecular complexity index is 600. The normalized spacial score (nSPS) is 20.2. The molecule has 1 aromatic rings. The third kappa shape index (κ3) is 6.71. The highest BCUT2D eigenvalue weighted by Crippen LogP contribution is 2.32. The highest BCUT2D eigenvalue weighted by Gasteiger charge is 2.19. The lowest BCUT2D eigenvalue weighted by molar-refractivity contribution is 0.114. The van der Waals surface area contributed by atoms with Crippen molar-refractivity contribution in [2.75, 3.05) is 27.3 Å². The summed E-state index contributed by atoms with van der Waals surface area (Å²) in [4.78, 5) is 4.28. The maximum absolute atomic E-state index is 6.10. The molecule has 2 N–H and O–H groups in total. The van der Waals surface area contributed by atoms with E-state index >= 15 is 0 Å². The van der Waals surface area contributed by atoms with Gasteiger partial charge in [-0.25, -0.2) is 0 Å². The second-order valence-corrected chi connectivity index (χ2v) is 6.95. The summed E-state index contributed by atoms with van der Waals surface area (Å²) in [6, 6.07) is 6.12. The minimum Gasteiger partial charge on any atom is -0.493 e. The van der Waals surface area contributed by atoms with Gasteiger partial charge < -0.3 is 24.8 Å². The Balaban J connectivity index is 0.00000261. The van der Waals surface area contributed by atoms with E-state index in [0.29, 0.717) is 18.8 Å². The fourth-order valence-corrected chi connectivity index (χ4v) is 3.53. The number of hydrogen-bond donors (Lipinski definition) is 2. The standard InChI is InChI=1S/C20H31N3O3.HI/c1-21-20(23-14-17-8-5-11-25-17)22-13-15-9-10-18(19(12-15)24-2)26-16-6-3-4-7-16;/h9-10,12,16-17H,3-8,11,13-14H2,1-2H3,(H2,21,22,23);1H. The SMILES string of the molecule is CN=C(NCc1ccc(OC2CCCC2)c(OC)c1)NCC1CCCO1.I. The van der Waals surface area contributed by atoms with Gasteiger partial charge in [-0.2, -0.15) is 0 Å². The van der Waals surface area contributed by atoms with Gasteiger partial charge in [0.25, 0.3) is 0 Å². The first kappa shape index (κ1) is 22.1. The first-order valence-electron chi connectivity index (χ1n) is 9.68. The molecule has 1 unspecified atom stereocenters. The third-order valence-electron chi connectivity index (χ3n) is 5.03. The Morgan fingerprint density at radius 3 is 2.63 bits per heavy atom. The smallest absolute Gasteiger partial charge is 0.191 e. The fourth-order valence-electron chi connectivity index (χ4n) is 3.53. The van der Waals surface area contributed by atoms with E-state index in [2.05, 4.69) is 21.7 Å². The van der Waals surface area contributed by atoms with Crippen LogP contribution in [0.1, 0.15) is 44.1 Å². The second-order valence-electron chi connectivity index (χ2n) is 6.95. The number of rotatable bonds is 7. The third-order valence-corrected chi connectivity index (χ3v) is 5.03. The van der Waals surface area contributed by atoms with Crippen molar-refractivity contribution in [2.45, 2.75) is 57.3 Å². The van der Waals surface area contributed by atoms with Gasteiger partial charge in [-0.3, -0.25) is 4.99 Å². The van der Waals surface area contributed by atoms with E-state index in [0.717, 1.165) is 61.9 Å². The topological polar surface area (TPSA) is 64.1 Å². The largest absolute Gasteiger partial charge is 0.493 e. The van der Waals surface area contributed by atoms with Crippen molar-refractivity contribution >= 4 is 29.9 Å². The van der Waals surface area contributed by atoms with Crippen molar-refractivity contribution in [3.63, 3.8) is 0 Å². The van der Waals surface area contributed by atoms with Crippen molar-refractivity contribution < 1.29 is 14.2 Å². The van der Waals surface area contributed by atoms with Gasteiger partial charge in [0, 0.05) is 26.7 Å². The Morgan fingerprint density at radius 2 is 1.96 bits per heavy atom. The number of benzene rings is 1. The van der Waals surface area contributed by atoms with Crippen LogP contribution in [0.2, 0.25) is 0 Å². The Morgan fingerprint density at radius 1 is 1.15 bits per heavy atom. The summed E-state index contributed by atoms with van der Waals surface area (Å²) in [5, 5.41) is 6.67. The lowest BCUT2D eigenvalue weighted by Crippen LogP contribution is -2.40. The summed E-state index contributed by atoms with van der Waals surface area (Å²) in [7, 11) is 3.47. The van der Waals surface area contributed by atoms with Gasteiger partial charge in [0.15, 0.2) is 17.5 Å². The number of halogens is 1. The van der Waals surface area contributed by atoms with Gasteiger partial charge in [-0.05, 0) is 56.2 Å². The van der Waals surface area contributed by atoms with Crippen LogP contribution < -0.4 is 20.1 Å². The molecule has 1 heterocycles. The van der Waals surface area contributed by atoms with E-state index < -0.39 is 0 Å². The van der Waals surface area contributed by atoms with E-state index in [4.69, 9.17) is 14.2 Å². The van der Waals surface area contributed by atoms with Crippen LogP contribution in [-0.2, 0) is 11.3 Å². The molecule has 1 saturated carbocycles. The number of guanidine groups is 1. The molecule has 2 fully saturated rings. The van der Waals surface area contributed by atoms with Crippen LogP contribution in [0.25, 0.3) is 0 Å². The van der Waals surface area contributed by atoms with Gasteiger partial charge in [0.1, 0.15) is 0 Å². The molecule has 1 aromatic carbocycles. The molecule has 0 amide bonds. The van der Waals surface area contributed by atoms with E-state index in [-0.39, 0.29) is 24.0 Å². The zero-order chi connectivity index (χ0) is 18.2. The first-order chi connectivity index (χ1) is 12.8. The number of hydrogen-bond acceptors (Lipinski definition) is 4. The average molecular weight is 489 g/mol. The van der Waals surface area contributed by atoms with Crippen LogP contribution in [0, 0.1) is 0 Å². The predicted octanol–water partition coefficient (Wildman–Crippen LogP) is 3.48. The van der Waals surface area contributed by atoms with Crippen molar-refractivity contribution in [1.82, 2.24) is 10.6 Å². The maximum atomic E-state index is 6.10. The monoisotopic (exact) mass is 489 g/mol. The Labute approximate surface area is 179 Å². The van der Waals surface area contributed by atoms with Crippen molar-refractivity contribution in [1.29, 1.82) is 0 Å². The summed E-state index contributed by atoms with van der Waals surface area (Å²) in [5.74, 6) is 2.41. The number of aliphatic imine (C=N–C) groups is 1. The number of nitrogens with one attached hydrogen (secondary N) is 2. The fraction of sp³-hybridized carbons (Fsp3) is 0.650. The van der Waals surface area contributed by atoms with Gasteiger partial charge in [-0.15, -0.1) is 24.0 Å². The maximum Gasteiger partial charge on any atom is 0.191 e. The molecule has 0 aromatic heterocycles. The first-order valence-corrected chi connectivity index (χ1v) is 9.68. The molecule has 1 atom stereocenters. The second kappa shape index (κ2) is 11.6. The minimum atomic E-state index is 0. The van der Waals surface area contributed by atoms with Gasteiger partial charge >= 0.3 is 0 Å². The van der Waals surface area contributed by atoms with Crippen LogP contribution in [0.3, 0.4) is 0 Å². The highest BCUT2D eigenvalue weighted by molar-refractivity contribution is 14.0. The Hall–Kier alpha value is -1.22. The van der Waals surface area contributed by atoms with Gasteiger partial charge in [-0.1, -0.05) is 6.07 Å². The molecule has 7 heteroatoms. The number of methoxy groups -OCH3 is 1. The summed E-state index contributed by atoms with van der Waals surface area (Å²) in [5.41, 5.74) is 1.13. The van der Waals surface area contributed by atoms with Gasteiger partial charge in [0.05, 0.1) is 19.3 Å². The molecule has 1 aliphatic carbocycles. The molecule has 1 aliphatic heterocycles. The van der Waals surface area contributed by atoms with Crippen molar-refractivity contribution in [2.24, 2.45) is 4.99 Å². The molecule has 0 spiro atoms. The average Bonchev–Trinajstić information content (AvgIpc) is 3.36. The van der Waals surface area contributed by atoms with E-state index in [1.807, 2.05) is 12.1 Å². The lowest BCUT2D eigenvalue weighted by Gasteiger charge is -2.18. The minimum absolute atomic E-state index is 0. The van der Waals surface area contributed by atoms with Crippen molar-refractivity contribution in [3.05, 3.63) is 23.8 Å². The number of ether oxygens (including phenoxy) is 3. The van der Waals surface area contributed by atoms with Crippen LogP contribution in [0.15, 0.2) is 23.2 Å². The molecule has 152 valence electrons. The molecule has 3 rings (SSSR count). The highest BCUT2D eigenvalue weighted by atomic mass is 127. The summed E-state index contributed by atoms with van der Waals surface area (Å²) in [6.07, 6.45) is 7.67. The van der Waals surface area contributed by atoms with Crippen LogP contribution >= 0.6 is 24.0 Å². The zero-order valence-electron chi connectivity index (χ0n) is 16.3. The van der Waals surface area contributed by atoms with Crippen LogP contribution in [0.4, 0.5) is 0 Å². The zero-order valence-corrected chi connectivity index (χ0v) is 18.7. The molecule has 2 aliphatic rings. The quantitative estimate of drug-likeness (QED) is 0.349. The molecular weight excluding hydrogens is 457 g/mol. The number of nitrogens with zero attached hydrogens (tertiary/aromatic N) is 1. The van der Waals surface area contributed by atoms with Crippen LogP contribution in [-0.4, -0.2) is 45.5 Å². The lowest BCUT2D eigenvalue weighted by atomic mass is 10.2. The van der Waals surface area contributed by atoms with Gasteiger partial charge in [0.2, 0.25) is 0 Å². The van der Waals surface area contributed by atoms with E-state index in [1.165, 1.54) is 12.8 Å². The molecular formula is C20H32IN3O3. The molecule has 6 nitrogen and oxygen atoms in total. The summed E-state index contributed by atoms with van der Waals surface area (Å²) >= 11 is 0. The summed E-state index contributed by atoms with van der Waals surface area (Å²) < 4.78 is 17.3. The molecule has 0 radical (unpaired) electrons. The van der Waals surface area contributed by atoms with E-state index in [1.54, 1.807) is 14.2 Å². The van der Waals surface area contributed by atoms with Crippen molar-refractivity contribution in [3.8, 4) is 11.5 Å². The molecule has 1 saturated heterocycles.